The second kappa shape index (κ2) is 40.7. The Hall–Kier alpha value is -12.7. The molecule has 1 amide bonds. The molecule has 4 saturated heterocycles. The van der Waals surface area contributed by atoms with Crippen molar-refractivity contribution < 1.29 is 36.6 Å². The van der Waals surface area contributed by atoms with E-state index in [1.165, 1.54) is 7.05 Å². The highest BCUT2D eigenvalue weighted by Crippen LogP contribution is 2.33. The van der Waals surface area contributed by atoms with E-state index in [1.54, 1.807) is 109 Å². The Morgan fingerprint density at radius 1 is 0.417 bits per heavy atom. The second-order valence-corrected chi connectivity index (χ2v) is 32.6. The molecule has 120 heavy (non-hydrogen) atoms. The maximum absolute atomic E-state index is 12.9. The molecule has 6 aromatic carbocycles. The smallest absolute Gasteiger partial charge is 0.382 e. The van der Waals surface area contributed by atoms with E-state index in [0.29, 0.717) is 58.5 Å². The lowest BCUT2D eigenvalue weighted by molar-refractivity contribution is -0.129. The molecule has 0 bridgehead atoms. The Labute approximate surface area is 706 Å². The number of nitrogens with zero attached hydrogens (tertiary/aromatic N) is 12. The molecule has 0 atom stereocenters. The third-order valence-electron chi connectivity index (χ3n) is 21.2. The Morgan fingerprint density at radius 2 is 0.817 bits per heavy atom. The van der Waals surface area contributed by atoms with Gasteiger partial charge >= 0.3 is 10.3 Å². The average Bonchev–Trinajstić information content (AvgIpc) is 0.903. The first-order valence-corrected chi connectivity index (χ1v) is 42.8. The monoisotopic (exact) mass is 1670 g/mol. The Balaban J connectivity index is 0.000000139. The fourth-order valence-electron chi connectivity index (χ4n) is 14.1. The molecule has 0 unspecified atom stereocenters. The molecule has 4 aliphatic rings. The first-order valence-electron chi connectivity index (χ1n) is 39.6. The first kappa shape index (κ1) is 85.2. The molecule has 11 N–H and O–H groups in total. The van der Waals surface area contributed by atoms with Gasteiger partial charge in [-0.2, -0.15) is 13.1 Å². The fraction of sp³-hybridized carbons (Fsp3) is 0.256. The molecule has 0 saturated carbocycles. The van der Waals surface area contributed by atoms with Gasteiger partial charge in [-0.3, -0.25) is 43.9 Å². The minimum absolute atomic E-state index is 0.0324. The molecule has 12 aromatic rings. The average molecular weight is 1670 g/mol. The van der Waals surface area contributed by atoms with Crippen LogP contribution in [0.5, 0.6) is 5.75 Å². The van der Waals surface area contributed by atoms with Crippen LogP contribution >= 0.6 is 22.7 Å². The molecular formula is C90H97N19O8S3. The number of benzene rings is 6. The highest BCUT2D eigenvalue weighted by Gasteiger charge is 2.24. The summed E-state index contributed by atoms with van der Waals surface area (Å²) in [7, 11) is -0.442. The topological polar surface area (TPSA) is 366 Å². The summed E-state index contributed by atoms with van der Waals surface area (Å²) in [5.41, 5.74) is 43.0. The quantitative estimate of drug-likeness (QED) is 0.0231. The highest BCUT2D eigenvalue weighted by molar-refractivity contribution is 7.85. The van der Waals surface area contributed by atoms with Crippen LogP contribution in [-0.4, -0.2) is 196 Å². The summed E-state index contributed by atoms with van der Waals surface area (Å²) >= 11 is 3.22. The summed E-state index contributed by atoms with van der Waals surface area (Å²) in [5, 5.41) is 8.67. The van der Waals surface area contributed by atoms with Crippen molar-refractivity contribution in [3.8, 4) is 48.9 Å². The number of piperazine rings is 4. The summed E-state index contributed by atoms with van der Waals surface area (Å²) in [4.78, 5) is 104. The molecular weight excluding hydrogens is 1570 g/mol. The van der Waals surface area contributed by atoms with Crippen LogP contribution in [0.3, 0.4) is 0 Å². The van der Waals surface area contributed by atoms with Crippen molar-refractivity contribution in [2.24, 2.45) is 0 Å². The predicted octanol–water partition coefficient (Wildman–Crippen LogP) is 11.0. The van der Waals surface area contributed by atoms with Crippen molar-refractivity contribution in [3.05, 3.63) is 269 Å². The van der Waals surface area contributed by atoms with E-state index in [2.05, 4.69) is 82.9 Å². The van der Waals surface area contributed by atoms with Crippen LogP contribution in [0.25, 0.3) is 43.1 Å². The number of hydrogen-bond acceptors (Lipinski definition) is 27. The number of anilines is 8. The summed E-state index contributed by atoms with van der Waals surface area (Å²) < 4.78 is 30.1. The van der Waals surface area contributed by atoms with Crippen LogP contribution < -0.4 is 62.1 Å². The number of carbonyl (C=O) groups is 5. The zero-order valence-electron chi connectivity index (χ0n) is 67.2. The van der Waals surface area contributed by atoms with Crippen LogP contribution in [-0.2, 0) is 40.8 Å². The second-order valence-electron chi connectivity index (χ2n) is 29.3. The third kappa shape index (κ3) is 23.0. The molecule has 6 aromatic heterocycles. The maximum atomic E-state index is 12.9. The van der Waals surface area contributed by atoms with Gasteiger partial charge in [-0.25, -0.2) is 9.97 Å². The fourth-order valence-corrected chi connectivity index (χ4v) is 15.9. The van der Waals surface area contributed by atoms with Crippen LogP contribution in [0.4, 0.5) is 45.5 Å². The zero-order chi connectivity index (χ0) is 84.1. The van der Waals surface area contributed by atoms with Gasteiger partial charge in [-0.05, 0) is 171 Å². The Bertz CT molecular complexity index is 5570. The van der Waals surface area contributed by atoms with E-state index >= 15 is 0 Å². The summed E-state index contributed by atoms with van der Waals surface area (Å²) in [5.74, 6) is 0.191. The number of likely N-dealkylation sites (N-methyl/N-ethyl adjacent to an activating group) is 1. The predicted molar refractivity (Wildman–Crippen MR) is 479 cm³/mol. The number of hydrogen-bond donors (Lipinski definition) is 7. The number of nitrogens with two attached hydrogens (primary N) is 4. The standard InChI is InChI=1S/C25H29N5O4S.C23H24N4O2S.C22H23N5O.C20H21N5OS/c1-27-35(32,33)34-22-7-3-18(4-8-22)19-5-9-23(26)20(15-19)16-25(31)24-10-6-21(17-28-24)30-13-11-29(2)12-14-30;1-16(28)26-8-10-27(11-9-26)19-5-7-21(25-15-19)22(29)14-18-13-17(4-6-20(18)24)23-3-2-12-30-23;23-20-7-6-17(16-4-2-1-3-5-16)12-18(20)13-21(28)22-25-14-19(15-26-22)27-10-8-24-9-11-27;21-17-3-1-14(20-12-23-13-27-20)9-15(17)10-19(26)18-4-2-16(11-24-18)25-7-5-22-6-8-25/h3-10,15,17,27H,11-14,16,26H2,1-2H3;2-7,12-13,15H,8-11,14,24H2,1H3;1-7,12,14-15,24H,8-11,13,23H2;1-4,9,11-13,22H,5-8,10,21H2. The summed E-state index contributed by atoms with van der Waals surface area (Å²) in [6.07, 6.45) is 11.3. The molecule has 0 aliphatic carbocycles. The number of carbonyl (C=O) groups excluding carboxylic acids is 5. The SMILES string of the molecule is CC(=O)N1CCN(c2ccc(C(=O)Cc3cc(-c4cccs4)ccc3N)nc2)CC1.CNS(=O)(=O)Oc1ccc(-c2ccc(N)c(CC(=O)c3ccc(N4CCN(C)CC4)cn3)c2)cc1.Nc1ccc(-c2ccccc2)cc1CC(=O)c1ncc(N2CCNCC2)cn1.Nc1ccc(-c2cncs2)cc1CC(=O)c1ccc(N2CCNCC2)cn1. The van der Waals surface area contributed by atoms with E-state index < -0.39 is 10.3 Å². The molecule has 4 aliphatic heterocycles. The number of thiophene rings is 1. The summed E-state index contributed by atoms with van der Waals surface area (Å²) in [6, 6.07) is 54.8. The van der Waals surface area contributed by atoms with E-state index in [1.807, 2.05) is 144 Å². The van der Waals surface area contributed by atoms with Gasteiger partial charge in [0.05, 0.1) is 64.1 Å². The Kier molecular flexibility index (Phi) is 28.9. The number of rotatable bonds is 23. The Morgan fingerprint density at radius 3 is 1.23 bits per heavy atom. The molecule has 10 heterocycles. The highest BCUT2D eigenvalue weighted by atomic mass is 32.2. The van der Waals surface area contributed by atoms with E-state index in [9.17, 15) is 32.4 Å². The number of ketones is 4. The minimum atomic E-state index is -3.83. The van der Waals surface area contributed by atoms with Crippen molar-refractivity contribution >= 4 is 108 Å². The summed E-state index contributed by atoms with van der Waals surface area (Å²) in [6.45, 7) is 16.0. The molecule has 4 fully saturated rings. The van der Waals surface area contributed by atoms with Crippen LogP contribution in [0.2, 0.25) is 0 Å². The number of aromatic nitrogens is 6. The van der Waals surface area contributed by atoms with E-state index in [0.717, 1.165) is 174 Å². The molecule has 16 rings (SSSR count). The number of nitrogens with one attached hydrogen (secondary N) is 3. The van der Waals surface area contributed by atoms with Crippen LogP contribution in [0, 0.1) is 0 Å². The van der Waals surface area contributed by atoms with Crippen molar-refractivity contribution in [2.75, 3.05) is 161 Å². The molecule has 30 heteroatoms. The molecule has 0 spiro atoms. The van der Waals surface area contributed by atoms with Crippen molar-refractivity contribution in [1.29, 1.82) is 0 Å². The van der Waals surface area contributed by atoms with Gasteiger partial charge in [-0.15, -0.1) is 22.7 Å². The van der Waals surface area contributed by atoms with Gasteiger partial charge in [0.25, 0.3) is 0 Å². The van der Waals surface area contributed by atoms with Gasteiger partial charge in [-0.1, -0.05) is 72.8 Å². The largest absolute Gasteiger partial charge is 0.398 e. The zero-order valence-corrected chi connectivity index (χ0v) is 69.6. The molecule has 618 valence electrons. The lowest BCUT2D eigenvalue weighted by Crippen LogP contribution is -2.48. The van der Waals surface area contributed by atoms with E-state index in [-0.39, 0.29) is 66.3 Å². The third-order valence-corrected chi connectivity index (χ3v) is 23.8. The number of amides is 1. The molecule has 27 nitrogen and oxygen atoms in total. The lowest BCUT2D eigenvalue weighted by Gasteiger charge is -2.35. The number of Topliss-reactive ketones (excluding diaryl/α,β-unsaturated/α-hetero) is 4. The van der Waals surface area contributed by atoms with Gasteiger partial charge < -0.3 is 67.2 Å². The normalized spacial score (nSPS) is 14.3. The van der Waals surface area contributed by atoms with Crippen molar-refractivity contribution in [2.45, 2.75) is 32.6 Å². The van der Waals surface area contributed by atoms with Gasteiger partial charge in [0, 0.05) is 178 Å². The molecule has 0 radical (unpaired) electrons. The van der Waals surface area contributed by atoms with Crippen molar-refractivity contribution in [1.82, 2.24) is 55.1 Å². The minimum Gasteiger partial charge on any atom is -0.398 e. The first-order chi connectivity index (χ1) is 58.2. The van der Waals surface area contributed by atoms with Crippen LogP contribution in [0.15, 0.2) is 224 Å². The number of pyridine rings is 3. The number of thiazole rings is 1. The van der Waals surface area contributed by atoms with Gasteiger partial charge in [0.2, 0.25) is 11.7 Å². The van der Waals surface area contributed by atoms with Crippen LogP contribution in [0.1, 0.15) is 71.3 Å². The maximum Gasteiger partial charge on any atom is 0.382 e. The van der Waals surface area contributed by atoms with Gasteiger partial charge in [0.15, 0.2) is 23.2 Å². The van der Waals surface area contributed by atoms with Crippen molar-refractivity contribution in [3.63, 3.8) is 0 Å². The lowest BCUT2D eigenvalue weighted by atomic mass is 9.98. The van der Waals surface area contributed by atoms with Gasteiger partial charge in [0.1, 0.15) is 22.8 Å². The van der Waals surface area contributed by atoms with E-state index in [4.69, 9.17) is 27.1 Å². The number of nitrogen functional groups attached to an aromatic ring is 4.